The number of rotatable bonds is 5. The highest BCUT2D eigenvalue weighted by Gasteiger charge is 2.28. The van der Waals surface area contributed by atoms with Crippen LogP contribution in [0, 0.1) is 0 Å². The van der Waals surface area contributed by atoms with E-state index in [-0.39, 0.29) is 18.1 Å². The summed E-state index contributed by atoms with van der Waals surface area (Å²) in [6.07, 6.45) is 5.00. The first-order chi connectivity index (χ1) is 17.6. The molecule has 180 valence electrons. The predicted molar refractivity (Wildman–Crippen MR) is 137 cm³/mol. The molecule has 1 aliphatic carbocycles. The number of benzene rings is 2. The monoisotopic (exact) mass is 479 g/mol. The number of pyridine rings is 1. The molecule has 0 radical (unpaired) electrons. The lowest BCUT2D eigenvalue weighted by atomic mass is 10.1. The van der Waals surface area contributed by atoms with Crippen molar-refractivity contribution in [1.82, 2.24) is 30.0 Å². The van der Waals surface area contributed by atoms with Crippen LogP contribution in [0.5, 0.6) is 0 Å². The van der Waals surface area contributed by atoms with Gasteiger partial charge in [-0.1, -0.05) is 48.5 Å². The van der Waals surface area contributed by atoms with Crippen LogP contribution in [0.15, 0.2) is 67.1 Å². The molecule has 36 heavy (non-hydrogen) atoms. The van der Waals surface area contributed by atoms with Gasteiger partial charge in [0, 0.05) is 23.7 Å². The van der Waals surface area contributed by atoms with E-state index in [4.69, 9.17) is 10.8 Å². The molecule has 1 fully saturated rings. The Morgan fingerprint density at radius 1 is 1.06 bits per heavy atom. The summed E-state index contributed by atoms with van der Waals surface area (Å²) < 4.78 is 1.88. The van der Waals surface area contributed by atoms with Crippen molar-refractivity contribution in [3.05, 3.63) is 78.4 Å². The molecule has 0 spiro atoms. The summed E-state index contributed by atoms with van der Waals surface area (Å²) in [6, 6.07) is 17.5. The average molecular weight is 480 g/mol. The Morgan fingerprint density at radius 2 is 1.89 bits per heavy atom. The lowest BCUT2D eigenvalue weighted by Crippen LogP contribution is -2.24. The van der Waals surface area contributed by atoms with Crippen LogP contribution in [0.25, 0.3) is 33.1 Å². The third-order valence-electron chi connectivity index (χ3n) is 6.81. The molecule has 0 bridgehead atoms. The highest BCUT2D eigenvalue weighted by atomic mass is 16.3. The molecule has 2 atom stereocenters. The maximum atomic E-state index is 12.8. The molecule has 3 aromatic heterocycles. The van der Waals surface area contributed by atoms with Gasteiger partial charge in [-0.25, -0.2) is 14.6 Å². The van der Waals surface area contributed by atoms with E-state index in [2.05, 4.69) is 20.3 Å². The third kappa shape index (κ3) is 3.93. The summed E-state index contributed by atoms with van der Waals surface area (Å²) >= 11 is 0. The molecule has 4 N–H and O–H groups in total. The fourth-order valence-electron chi connectivity index (χ4n) is 4.96. The number of aliphatic hydroxyl groups excluding tert-OH is 1. The van der Waals surface area contributed by atoms with E-state index >= 15 is 0 Å². The number of nitrogens with one attached hydrogen (secondary N) is 1. The van der Waals surface area contributed by atoms with Crippen LogP contribution < -0.4 is 11.1 Å². The predicted octanol–water partition coefficient (Wildman–Crippen LogP) is 3.64. The first kappa shape index (κ1) is 22.1. The zero-order valence-electron chi connectivity index (χ0n) is 19.5. The Kier molecular flexibility index (Phi) is 5.54. The number of amides is 1. The number of carbonyl (C=O) groups is 1. The van der Waals surface area contributed by atoms with Crippen molar-refractivity contribution in [2.45, 2.75) is 38.0 Å². The van der Waals surface area contributed by atoms with E-state index in [1.165, 1.54) is 6.33 Å². The van der Waals surface area contributed by atoms with E-state index in [9.17, 15) is 9.90 Å². The number of hydrogen-bond acceptors (Lipinski definition) is 7. The first-order valence-corrected chi connectivity index (χ1v) is 12.0. The van der Waals surface area contributed by atoms with Crippen LogP contribution in [0.2, 0.25) is 0 Å². The third-order valence-corrected chi connectivity index (χ3v) is 6.81. The van der Waals surface area contributed by atoms with Crippen LogP contribution in [0.1, 0.15) is 41.4 Å². The number of nitrogen functional groups attached to an aromatic ring is 1. The van der Waals surface area contributed by atoms with E-state index in [0.29, 0.717) is 41.2 Å². The Balaban J connectivity index is 1.24. The smallest absolute Gasteiger partial charge is 0.270 e. The van der Waals surface area contributed by atoms with Gasteiger partial charge < -0.3 is 16.2 Å². The van der Waals surface area contributed by atoms with E-state index in [0.717, 1.165) is 34.7 Å². The minimum absolute atomic E-state index is 0.0720. The first-order valence-electron chi connectivity index (χ1n) is 12.0. The maximum absolute atomic E-state index is 12.8. The van der Waals surface area contributed by atoms with Gasteiger partial charge in [-0.3, -0.25) is 9.78 Å². The Hall–Kier alpha value is -4.37. The number of carbonyl (C=O) groups excluding carboxylic acids is 1. The Bertz CT molecular complexity index is 1570. The highest BCUT2D eigenvalue weighted by Crippen LogP contribution is 2.36. The molecule has 2 unspecified atom stereocenters. The highest BCUT2D eigenvalue weighted by molar-refractivity contribution is 6.05. The van der Waals surface area contributed by atoms with E-state index < -0.39 is 0 Å². The topological polar surface area (TPSA) is 132 Å². The van der Waals surface area contributed by atoms with Crippen molar-refractivity contribution >= 4 is 33.5 Å². The van der Waals surface area contributed by atoms with Gasteiger partial charge in [-0.2, -0.15) is 5.10 Å². The number of nitrogens with zero attached hydrogens (tertiary/aromatic N) is 5. The Labute approximate surface area is 207 Å². The second-order valence-corrected chi connectivity index (χ2v) is 9.13. The number of hydrogen-bond donors (Lipinski definition) is 3. The van der Waals surface area contributed by atoms with Crippen molar-refractivity contribution in [3.8, 4) is 11.3 Å². The lowest BCUT2D eigenvalue weighted by Gasteiger charge is -2.10. The van der Waals surface area contributed by atoms with Crippen molar-refractivity contribution in [1.29, 1.82) is 0 Å². The summed E-state index contributed by atoms with van der Waals surface area (Å²) in [5.74, 6) is 0.156. The fourth-order valence-corrected chi connectivity index (χ4v) is 4.96. The van der Waals surface area contributed by atoms with E-state index in [1.54, 1.807) is 6.20 Å². The second kappa shape index (κ2) is 9.01. The lowest BCUT2D eigenvalue weighted by molar-refractivity contribution is 0.0947. The summed E-state index contributed by atoms with van der Waals surface area (Å²) in [5, 5.41) is 20.4. The van der Waals surface area contributed by atoms with Gasteiger partial charge in [0.05, 0.1) is 17.5 Å². The molecule has 6 rings (SSSR count). The van der Waals surface area contributed by atoms with Crippen molar-refractivity contribution in [2.75, 3.05) is 5.73 Å². The molecule has 0 aliphatic heterocycles. The molecule has 5 aromatic rings. The molecule has 0 saturated heterocycles. The molecule has 2 aromatic carbocycles. The molecule has 1 aliphatic rings. The molecule has 1 amide bonds. The number of fused-ring (bicyclic) bond motifs is 2. The number of anilines is 1. The normalized spacial score (nSPS) is 17.6. The van der Waals surface area contributed by atoms with Gasteiger partial charge >= 0.3 is 0 Å². The largest absolute Gasteiger partial charge is 0.393 e. The van der Waals surface area contributed by atoms with Crippen molar-refractivity contribution in [3.63, 3.8) is 0 Å². The van der Waals surface area contributed by atoms with Gasteiger partial charge in [-0.15, -0.1) is 0 Å². The second-order valence-electron chi connectivity index (χ2n) is 9.13. The molecule has 9 heteroatoms. The molecular formula is C27H25N7O2. The van der Waals surface area contributed by atoms with Crippen LogP contribution in [-0.2, 0) is 6.54 Å². The van der Waals surface area contributed by atoms with Crippen LogP contribution in [0.4, 0.5) is 5.82 Å². The van der Waals surface area contributed by atoms with Crippen LogP contribution in [0.3, 0.4) is 0 Å². The minimum Gasteiger partial charge on any atom is -0.393 e. The zero-order valence-corrected chi connectivity index (χ0v) is 19.5. The Morgan fingerprint density at radius 3 is 2.69 bits per heavy atom. The quantitative estimate of drug-likeness (QED) is 0.351. The fraction of sp³-hybridized carbons (Fsp3) is 0.222. The van der Waals surface area contributed by atoms with Crippen molar-refractivity contribution in [2.24, 2.45) is 0 Å². The van der Waals surface area contributed by atoms with Crippen LogP contribution >= 0.6 is 0 Å². The van der Waals surface area contributed by atoms with Gasteiger partial charge in [0.25, 0.3) is 5.91 Å². The minimum atomic E-state index is -0.324. The average Bonchev–Trinajstić information content (AvgIpc) is 3.51. The van der Waals surface area contributed by atoms with Gasteiger partial charge in [0.2, 0.25) is 0 Å². The molecule has 9 nitrogen and oxygen atoms in total. The van der Waals surface area contributed by atoms with Gasteiger partial charge in [0.1, 0.15) is 23.5 Å². The van der Waals surface area contributed by atoms with Crippen molar-refractivity contribution < 1.29 is 9.90 Å². The summed E-state index contributed by atoms with van der Waals surface area (Å²) in [7, 11) is 0. The molecule has 3 heterocycles. The standard InChI is InChI=1S/C27H25N7O2/c28-25-22-23(33-34(26(22)32-15-31-25)19-9-10-20(35)13-19)18-7-5-16(6-8-18)14-30-27(36)24-21-4-2-1-3-17(21)11-12-29-24/h1-8,11-12,15,19-20,35H,9-10,13-14H2,(H,30,36)(H2,28,31,32). The van der Waals surface area contributed by atoms with Gasteiger partial charge in [0.15, 0.2) is 5.65 Å². The SMILES string of the molecule is Nc1ncnc2c1c(-c1ccc(CNC(=O)c3nccc4ccccc34)cc1)nn2C1CCC(O)C1. The zero-order chi connectivity index (χ0) is 24.6. The maximum Gasteiger partial charge on any atom is 0.270 e. The van der Waals surface area contributed by atoms with Gasteiger partial charge in [-0.05, 0) is 36.3 Å². The number of nitrogens with two attached hydrogens (primary N) is 1. The summed E-state index contributed by atoms with van der Waals surface area (Å²) in [6.45, 7) is 0.365. The number of aliphatic hydroxyl groups is 1. The summed E-state index contributed by atoms with van der Waals surface area (Å²) in [4.78, 5) is 25.7. The summed E-state index contributed by atoms with van der Waals surface area (Å²) in [5.41, 5.74) is 9.85. The molecular weight excluding hydrogens is 454 g/mol. The van der Waals surface area contributed by atoms with E-state index in [1.807, 2.05) is 59.3 Å². The molecule has 1 saturated carbocycles. The van der Waals surface area contributed by atoms with Crippen LogP contribution in [-0.4, -0.2) is 41.9 Å². The number of aromatic nitrogens is 5.